The minimum absolute atomic E-state index is 0.186. The van der Waals surface area contributed by atoms with Gasteiger partial charge < -0.3 is 25.4 Å². The van der Waals surface area contributed by atoms with E-state index >= 15 is 0 Å². The van der Waals surface area contributed by atoms with Crippen molar-refractivity contribution in [2.75, 3.05) is 20.3 Å². The van der Waals surface area contributed by atoms with E-state index < -0.39 is 24.4 Å². The van der Waals surface area contributed by atoms with Crippen LogP contribution >= 0.6 is 0 Å². The normalized spacial score (nSPS) is 43.0. The fourth-order valence-corrected chi connectivity index (χ4v) is 1.36. The highest BCUT2D eigenvalue weighted by molar-refractivity contribution is 4.92. The maximum Gasteiger partial charge on any atom is 0.109 e. The Morgan fingerprint density at radius 2 is 2.08 bits per heavy atom. The number of aliphatic hydroxyl groups is 3. The minimum Gasteiger partial charge on any atom is -0.395 e. The summed E-state index contributed by atoms with van der Waals surface area (Å²) >= 11 is 0. The molecule has 72 valence electrons. The lowest BCUT2D eigenvalue weighted by molar-refractivity contribution is -0.113. The third-order valence-electron chi connectivity index (χ3n) is 2.22. The highest BCUT2D eigenvalue weighted by Gasteiger charge is 2.36. The molecule has 0 unspecified atom stereocenters. The van der Waals surface area contributed by atoms with E-state index in [-0.39, 0.29) is 6.61 Å². The second-order valence-corrected chi connectivity index (χ2v) is 2.95. The van der Waals surface area contributed by atoms with Gasteiger partial charge in [-0.2, -0.15) is 0 Å². The van der Waals surface area contributed by atoms with Crippen molar-refractivity contribution in [2.24, 2.45) is 0 Å². The zero-order valence-electron chi connectivity index (χ0n) is 6.97. The quantitative estimate of drug-likeness (QED) is 0.381. The highest BCUT2D eigenvalue weighted by atomic mass is 16.5. The summed E-state index contributed by atoms with van der Waals surface area (Å²) in [5, 5.41) is 30.4. The monoisotopic (exact) mass is 177 g/mol. The van der Waals surface area contributed by atoms with Crippen molar-refractivity contribution in [2.45, 2.75) is 24.4 Å². The minimum atomic E-state index is -0.964. The molecular weight excluding hydrogens is 162 g/mol. The SMILES string of the molecule is CO[C@H]1CN[C@H](CO)[C@H](O)[C@@H]1O. The fourth-order valence-electron chi connectivity index (χ4n) is 1.36. The Kier molecular flexibility index (Phi) is 3.42. The summed E-state index contributed by atoms with van der Waals surface area (Å²) < 4.78 is 4.91. The van der Waals surface area contributed by atoms with Crippen LogP contribution in [0.1, 0.15) is 0 Å². The number of aliphatic hydroxyl groups excluding tert-OH is 3. The van der Waals surface area contributed by atoms with Crippen molar-refractivity contribution < 1.29 is 20.1 Å². The molecule has 0 aromatic carbocycles. The summed E-state index contributed by atoms with van der Waals surface area (Å²) in [5.74, 6) is 0. The van der Waals surface area contributed by atoms with Crippen LogP contribution in [0.5, 0.6) is 0 Å². The van der Waals surface area contributed by atoms with Crippen LogP contribution in [0.25, 0.3) is 0 Å². The Labute approximate surface area is 71.0 Å². The number of methoxy groups -OCH3 is 1. The molecule has 0 spiro atoms. The molecule has 5 heteroatoms. The van der Waals surface area contributed by atoms with Crippen molar-refractivity contribution in [1.82, 2.24) is 5.32 Å². The van der Waals surface area contributed by atoms with Gasteiger partial charge in [-0.1, -0.05) is 0 Å². The van der Waals surface area contributed by atoms with Crippen molar-refractivity contribution in [3.05, 3.63) is 0 Å². The van der Waals surface area contributed by atoms with Gasteiger partial charge in [-0.15, -0.1) is 0 Å². The number of nitrogens with one attached hydrogen (secondary N) is 1. The topological polar surface area (TPSA) is 82.0 Å². The maximum absolute atomic E-state index is 9.41. The molecular formula is C7H15NO4. The summed E-state index contributed by atoms with van der Waals surface area (Å²) in [4.78, 5) is 0. The summed E-state index contributed by atoms with van der Waals surface area (Å²) in [6, 6.07) is -0.452. The molecule has 1 saturated heterocycles. The highest BCUT2D eigenvalue weighted by Crippen LogP contribution is 2.12. The molecule has 4 N–H and O–H groups in total. The first kappa shape index (κ1) is 9.88. The molecule has 0 aromatic rings. The lowest BCUT2D eigenvalue weighted by Gasteiger charge is -2.36. The first-order valence-corrected chi connectivity index (χ1v) is 3.94. The van der Waals surface area contributed by atoms with Crippen molar-refractivity contribution in [1.29, 1.82) is 0 Å². The number of hydrogen-bond acceptors (Lipinski definition) is 5. The van der Waals surface area contributed by atoms with Gasteiger partial charge in [0.25, 0.3) is 0 Å². The zero-order chi connectivity index (χ0) is 9.14. The van der Waals surface area contributed by atoms with Crippen LogP contribution in [0.15, 0.2) is 0 Å². The first-order chi connectivity index (χ1) is 5.70. The molecule has 0 aromatic heterocycles. The van der Waals surface area contributed by atoms with E-state index in [1.54, 1.807) is 0 Å². The molecule has 4 atom stereocenters. The van der Waals surface area contributed by atoms with Crippen molar-refractivity contribution in [3.8, 4) is 0 Å². The molecule has 1 rings (SSSR count). The Hall–Kier alpha value is -0.200. The van der Waals surface area contributed by atoms with Gasteiger partial charge in [0.1, 0.15) is 6.10 Å². The summed E-state index contributed by atoms with van der Waals surface area (Å²) in [6.07, 6.45) is -2.29. The molecule has 0 saturated carbocycles. The Bertz CT molecular complexity index is 127. The van der Waals surface area contributed by atoms with E-state index in [2.05, 4.69) is 5.32 Å². The average molecular weight is 177 g/mol. The average Bonchev–Trinajstić information content (AvgIpc) is 2.10. The lowest BCUT2D eigenvalue weighted by Crippen LogP contribution is -2.61. The Morgan fingerprint density at radius 1 is 1.42 bits per heavy atom. The summed E-state index contributed by atoms with van der Waals surface area (Å²) in [5.41, 5.74) is 0. The molecule has 1 aliphatic heterocycles. The summed E-state index contributed by atoms with van der Waals surface area (Å²) in [6.45, 7) is 0.259. The van der Waals surface area contributed by atoms with Gasteiger partial charge in [0.2, 0.25) is 0 Å². The fraction of sp³-hybridized carbons (Fsp3) is 1.00. The van der Waals surface area contributed by atoms with Crippen LogP contribution < -0.4 is 5.32 Å². The van der Waals surface area contributed by atoms with Crippen LogP contribution in [0.3, 0.4) is 0 Å². The molecule has 1 heterocycles. The number of rotatable bonds is 2. The number of hydrogen-bond donors (Lipinski definition) is 4. The van der Waals surface area contributed by atoms with Gasteiger partial charge in [-0.05, 0) is 0 Å². The maximum atomic E-state index is 9.41. The van der Waals surface area contributed by atoms with E-state index in [1.165, 1.54) is 7.11 Å². The third kappa shape index (κ3) is 1.75. The van der Waals surface area contributed by atoms with Gasteiger partial charge in [0.15, 0.2) is 0 Å². The van der Waals surface area contributed by atoms with E-state index in [1.807, 2.05) is 0 Å². The van der Waals surface area contributed by atoms with Gasteiger partial charge in [0, 0.05) is 13.7 Å². The van der Waals surface area contributed by atoms with Crippen LogP contribution in [-0.4, -0.2) is 59.9 Å². The van der Waals surface area contributed by atoms with Crippen LogP contribution in [0.2, 0.25) is 0 Å². The molecule has 0 bridgehead atoms. The van der Waals surface area contributed by atoms with Crippen molar-refractivity contribution >= 4 is 0 Å². The van der Waals surface area contributed by atoms with Crippen LogP contribution in [0, 0.1) is 0 Å². The molecule has 0 amide bonds. The van der Waals surface area contributed by atoms with E-state index in [0.717, 1.165) is 0 Å². The van der Waals surface area contributed by atoms with E-state index in [9.17, 15) is 10.2 Å². The van der Waals surface area contributed by atoms with E-state index in [4.69, 9.17) is 9.84 Å². The van der Waals surface area contributed by atoms with Gasteiger partial charge in [-0.3, -0.25) is 0 Å². The molecule has 12 heavy (non-hydrogen) atoms. The largest absolute Gasteiger partial charge is 0.395 e. The molecule has 0 aliphatic carbocycles. The Morgan fingerprint density at radius 3 is 2.58 bits per heavy atom. The number of piperidine rings is 1. The third-order valence-corrected chi connectivity index (χ3v) is 2.22. The van der Waals surface area contributed by atoms with E-state index in [0.29, 0.717) is 6.54 Å². The second-order valence-electron chi connectivity index (χ2n) is 2.95. The van der Waals surface area contributed by atoms with Crippen molar-refractivity contribution in [3.63, 3.8) is 0 Å². The first-order valence-electron chi connectivity index (χ1n) is 3.94. The number of ether oxygens (including phenoxy) is 1. The Balaban J connectivity index is 2.52. The molecule has 1 fully saturated rings. The lowest BCUT2D eigenvalue weighted by atomic mass is 9.96. The standard InChI is InChI=1S/C7H15NO4/c1-12-5-2-8-4(3-9)6(10)7(5)11/h4-11H,2-3H2,1H3/t4-,5+,6+,7-/m1/s1. The second kappa shape index (κ2) is 4.15. The van der Waals surface area contributed by atoms with Gasteiger partial charge in [-0.25, -0.2) is 0 Å². The molecule has 1 aliphatic rings. The molecule has 0 radical (unpaired) electrons. The van der Waals surface area contributed by atoms with Gasteiger partial charge >= 0.3 is 0 Å². The van der Waals surface area contributed by atoms with Gasteiger partial charge in [0.05, 0.1) is 24.9 Å². The zero-order valence-corrected chi connectivity index (χ0v) is 6.97. The van der Waals surface area contributed by atoms with Crippen LogP contribution in [0.4, 0.5) is 0 Å². The van der Waals surface area contributed by atoms with Crippen LogP contribution in [-0.2, 0) is 4.74 Å². The molecule has 5 nitrogen and oxygen atoms in total. The smallest absolute Gasteiger partial charge is 0.109 e. The summed E-state index contributed by atoms with van der Waals surface area (Å²) in [7, 11) is 1.47. The predicted octanol–water partition coefficient (Wildman–Crippen LogP) is -2.31. The predicted molar refractivity (Wildman–Crippen MR) is 41.7 cm³/mol.